The number of anilines is 1. The van der Waals surface area contributed by atoms with Gasteiger partial charge in [-0.3, -0.25) is 4.79 Å². The van der Waals surface area contributed by atoms with Crippen molar-refractivity contribution in [2.45, 2.75) is 59.3 Å². The molecule has 0 bridgehead atoms. The molecule has 0 atom stereocenters. The number of fused-ring (bicyclic) bond motifs is 2. The van der Waals surface area contributed by atoms with Gasteiger partial charge in [0.05, 0.1) is 5.56 Å². The summed E-state index contributed by atoms with van der Waals surface area (Å²) in [6.07, 6.45) is 8.53. The van der Waals surface area contributed by atoms with Gasteiger partial charge in [-0.15, -0.1) is 11.3 Å². The zero-order valence-corrected chi connectivity index (χ0v) is 20.8. The van der Waals surface area contributed by atoms with Crippen LogP contribution in [0.25, 0.3) is 0 Å². The molecule has 0 fully saturated rings. The summed E-state index contributed by atoms with van der Waals surface area (Å²) in [5.41, 5.74) is 6.98. The number of nitrogens with zero attached hydrogens (tertiary/aromatic N) is 1. The Morgan fingerprint density at radius 1 is 0.971 bits per heavy atom. The molecule has 2 aromatic carbocycles. The molecule has 0 spiro atoms. The summed E-state index contributed by atoms with van der Waals surface area (Å²) < 4.78 is 11.0. The maximum absolute atomic E-state index is 13.6. The number of rotatable bonds is 4. The third-order valence-electron chi connectivity index (χ3n) is 6.60. The summed E-state index contributed by atoms with van der Waals surface area (Å²) >= 11 is 1.67. The topological polar surface area (TPSA) is 59.9 Å². The summed E-state index contributed by atoms with van der Waals surface area (Å²) in [6.45, 7) is 6.34. The molecule has 2 heterocycles. The van der Waals surface area contributed by atoms with Crippen molar-refractivity contribution in [3.8, 4) is 11.5 Å². The monoisotopic (exact) mass is 474 g/mol. The molecule has 2 aliphatic rings. The van der Waals surface area contributed by atoms with Crippen LogP contribution in [0, 0.1) is 20.8 Å². The normalized spacial score (nSPS) is 15.1. The highest BCUT2D eigenvalue weighted by Crippen LogP contribution is 2.40. The van der Waals surface area contributed by atoms with Gasteiger partial charge in [0.15, 0.2) is 11.5 Å². The van der Waals surface area contributed by atoms with Gasteiger partial charge in [0.1, 0.15) is 5.00 Å². The van der Waals surface area contributed by atoms with E-state index in [1.54, 1.807) is 11.3 Å². The fraction of sp³-hybridized carbons (Fsp3) is 0.357. The first kappa shape index (κ1) is 22.7. The fourth-order valence-electron chi connectivity index (χ4n) is 4.61. The number of hydrogen-bond acceptors (Lipinski definition) is 5. The summed E-state index contributed by atoms with van der Waals surface area (Å²) in [7, 11) is 0. The van der Waals surface area contributed by atoms with Gasteiger partial charge >= 0.3 is 0 Å². The van der Waals surface area contributed by atoms with Crippen molar-refractivity contribution in [3.05, 3.63) is 68.6 Å². The number of aryl methyl sites for hydroxylation is 4. The van der Waals surface area contributed by atoms with E-state index in [1.807, 2.05) is 51.3 Å². The van der Waals surface area contributed by atoms with E-state index in [0.29, 0.717) is 0 Å². The molecule has 1 N–H and O–H groups in total. The summed E-state index contributed by atoms with van der Waals surface area (Å²) in [5.74, 6) is 1.43. The van der Waals surface area contributed by atoms with Gasteiger partial charge in [-0.1, -0.05) is 25.0 Å². The van der Waals surface area contributed by atoms with E-state index in [9.17, 15) is 4.79 Å². The highest BCUT2D eigenvalue weighted by Gasteiger charge is 2.25. The Kier molecular flexibility index (Phi) is 6.42. The smallest absolute Gasteiger partial charge is 0.259 e. The lowest BCUT2D eigenvalue weighted by Gasteiger charge is -2.13. The molecule has 0 unspecified atom stereocenters. The summed E-state index contributed by atoms with van der Waals surface area (Å²) in [5, 5.41) is 3.96. The van der Waals surface area contributed by atoms with Gasteiger partial charge < -0.3 is 14.8 Å². The van der Waals surface area contributed by atoms with E-state index < -0.39 is 0 Å². The number of ether oxygens (including phenoxy) is 2. The zero-order chi connectivity index (χ0) is 23.7. The molecule has 1 amide bonds. The van der Waals surface area contributed by atoms with E-state index in [2.05, 4.69) is 11.4 Å². The van der Waals surface area contributed by atoms with Crippen LogP contribution in [-0.4, -0.2) is 18.9 Å². The molecule has 5 rings (SSSR count). The second-order valence-corrected chi connectivity index (χ2v) is 10.3. The van der Waals surface area contributed by atoms with Gasteiger partial charge in [-0.2, -0.15) is 0 Å². The van der Waals surface area contributed by atoms with Gasteiger partial charge in [0.2, 0.25) is 6.79 Å². The average molecular weight is 475 g/mol. The van der Waals surface area contributed by atoms with E-state index in [1.165, 1.54) is 23.3 Å². The predicted molar refractivity (Wildman–Crippen MR) is 139 cm³/mol. The molecule has 6 heteroatoms. The molecule has 1 aliphatic carbocycles. The number of hydrogen-bond donors (Lipinski definition) is 1. The molecular weight excluding hydrogens is 444 g/mol. The minimum atomic E-state index is -0.0682. The molecule has 176 valence electrons. The first-order chi connectivity index (χ1) is 16.5. The van der Waals surface area contributed by atoms with Crippen molar-refractivity contribution in [2.75, 3.05) is 12.1 Å². The Hall–Kier alpha value is -3.12. The first-order valence-electron chi connectivity index (χ1n) is 12.0. The maximum Gasteiger partial charge on any atom is 0.259 e. The third kappa shape index (κ3) is 4.60. The van der Waals surface area contributed by atoms with Crippen LogP contribution >= 0.6 is 11.3 Å². The first-order valence-corrected chi connectivity index (χ1v) is 12.8. The lowest BCUT2D eigenvalue weighted by atomic mass is 9.96. The van der Waals surface area contributed by atoms with Crippen molar-refractivity contribution in [1.29, 1.82) is 0 Å². The largest absolute Gasteiger partial charge is 0.454 e. The summed E-state index contributed by atoms with van der Waals surface area (Å²) in [6, 6.07) is 10.1. The van der Waals surface area contributed by atoms with Gasteiger partial charge in [-0.25, -0.2) is 4.99 Å². The van der Waals surface area contributed by atoms with Crippen LogP contribution < -0.4 is 14.8 Å². The summed E-state index contributed by atoms with van der Waals surface area (Å²) in [4.78, 5) is 19.8. The number of carbonyl (C=O) groups excluding carboxylic acids is 1. The Balaban J connectivity index is 1.53. The van der Waals surface area contributed by atoms with Gasteiger partial charge in [0, 0.05) is 16.8 Å². The Bertz CT molecular complexity index is 1280. The SMILES string of the molecule is Cc1ccc(C)c(NC(=O)c2c(N=Cc3cc4c(cc3C)OCO4)sc3c2CCCCCC3)c1. The highest BCUT2D eigenvalue weighted by molar-refractivity contribution is 7.16. The van der Waals surface area contributed by atoms with E-state index in [4.69, 9.17) is 14.5 Å². The predicted octanol–water partition coefficient (Wildman–Crippen LogP) is 7.06. The quantitative estimate of drug-likeness (QED) is 0.412. The van der Waals surface area contributed by atoms with Crippen molar-refractivity contribution in [2.24, 2.45) is 4.99 Å². The van der Waals surface area contributed by atoms with Crippen LogP contribution in [0.1, 0.15) is 68.7 Å². The minimum Gasteiger partial charge on any atom is -0.454 e. The second kappa shape index (κ2) is 9.63. The third-order valence-corrected chi connectivity index (χ3v) is 7.80. The number of nitrogens with one attached hydrogen (secondary N) is 1. The number of benzene rings is 2. The highest BCUT2D eigenvalue weighted by atomic mass is 32.1. The van der Waals surface area contributed by atoms with Gasteiger partial charge in [0.25, 0.3) is 5.91 Å². The standard InChI is InChI=1S/C28H30N2O3S/c1-17-10-11-18(2)22(12-17)30-27(31)26-21-8-6-4-5-7-9-25(21)34-28(26)29-15-20-14-24-23(13-19(20)3)32-16-33-24/h10-15H,4-9,16H2,1-3H3,(H,30,31). The molecule has 0 saturated carbocycles. The molecule has 0 radical (unpaired) electrons. The fourth-order valence-corrected chi connectivity index (χ4v) is 5.84. The molecule has 1 aromatic heterocycles. The lowest BCUT2D eigenvalue weighted by Crippen LogP contribution is -2.15. The number of aliphatic imine (C=N–C) groups is 1. The van der Waals surface area contributed by atoms with Crippen LogP contribution in [0.5, 0.6) is 11.5 Å². The van der Waals surface area contributed by atoms with Crippen LogP contribution in [-0.2, 0) is 12.8 Å². The number of thiophene rings is 1. The molecule has 1 aliphatic heterocycles. The van der Waals surface area contributed by atoms with E-state index in [-0.39, 0.29) is 12.7 Å². The zero-order valence-electron chi connectivity index (χ0n) is 20.0. The number of carbonyl (C=O) groups is 1. The van der Waals surface area contributed by atoms with Crippen molar-refractivity contribution in [3.63, 3.8) is 0 Å². The van der Waals surface area contributed by atoms with E-state index in [0.717, 1.165) is 75.7 Å². The Morgan fingerprint density at radius 2 is 1.74 bits per heavy atom. The van der Waals surface area contributed by atoms with E-state index >= 15 is 0 Å². The van der Waals surface area contributed by atoms with Crippen LogP contribution in [0.3, 0.4) is 0 Å². The Labute approximate surface area is 204 Å². The van der Waals surface area contributed by atoms with Crippen molar-refractivity contribution < 1.29 is 14.3 Å². The Morgan fingerprint density at radius 3 is 2.56 bits per heavy atom. The van der Waals surface area contributed by atoms with Gasteiger partial charge in [-0.05, 0) is 92.5 Å². The molecular formula is C28H30N2O3S. The van der Waals surface area contributed by atoms with Crippen LogP contribution in [0.15, 0.2) is 35.3 Å². The molecule has 3 aromatic rings. The second-order valence-electron chi connectivity index (χ2n) is 9.19. The molecule has 0 saturated heterocycles. The van der Waals surface area contributed by atoms with Crippen LogP contribution in [0.2, 0.25) is 0 Å². The maximum atomic E-state index is 13.6. The molecule has 5 nitrogen and oxygen atoms in total. The molecule has 34 heavy (non-hydrogen) atoms. The van der Waals surface area contributed by atoms with Crippen molar-refractivity contribution in [1.82, 2.24) is 0 Å². The van der Waals surface area contributed by atoms with Crippen LogP contribution in [0.4, 0.5) is 10.7 Å². The van der Waals surface area contributed by atoms with Crippen molar-refractivity contribution >= 4 is 34.1 Å². The number of amides is 1. The minimum absolute atomic E-state index is 0.0682. The average Bonchev–Trinajstić information content (AvgIpc) is 3.38. The lowest BCUT2D eigenvalue weighted by molar-refractivity contribution is 0.102.